The summed E-state index contributed by atoms with van der Waals surface area (Å²) in [4.78, 5) is 6.41. The first-order valence-corrected chi connectivity index (χ1v) is 7.03. The van der Waals surface area contributed by atoms with Crippen molar-refractivity contribution in [3.63, 3.8) is 0 Å². The Bertz CT molecular complexity index is 515. The third-order valence-corrected chi connectivity index (χ3v) is 3.08. The number of unbranched alkanes of at least 4 members (excludes halogenated alkanes) is 2. The van der Waals surface area contributed by atoms with Crippen molar-refractivity contribution >= 4 is 17.5 Å². The average molecular weight is 271 g/mol. The summed E-state index contributed by atoms with van der Waals surface area (Å²) in [6.45, 7) is 3.11. The Morgan fingerprint density at radius 3 is 2.70 bits per heavy atom. The molecule has 1 aromatic carbocycles. The molecule has 5 nitrogen and oxygen atoms in total. The van der Waals surface area contributed by atoms with Crippen LogP contribution in [0.25, 0.3) is 0 Å². The molecule has 20 heavy (non-hydrogen) atoms. The molecule has 0 bridgehead atoms. The fraction of sp³-hybridized carbons (Fsp3) is 0.400. The van der Waals surface area contributed by atoms with Crippen LogP contribution in [0.1, 0.15) is 26.2 Å². The number of rotatable bonds is 7. The van der Waals surface area contributed by atoms with Crippen LogP contribution < -0.4 is 10.2 Å². The summed E-state index contributed by atoms with van der Waals surface area (Å²) in [5.74, 6) is 1.37. The van der Waals surface area contributed by atoms with Crippen LogP contribution in [0.4, 0.5) is 17.5 Å². The molecule has 0 saturated heterocycles. The van der Waals surface area contributed by atoms with Gasteiger partial charge < -0.3 is 10.2 Å². The molecule has 0 radical (unpaired) electrons. The summed E-state index contributed by atoms with van der Waals surface area (Å²) in [7, 11) is 1.94. The second-order valence-electron chi connectivity index (χ2n) is 4.67. The molecule has 5 heteroatoms. The van der Waals surface area contributed by atoms with E-state index < -0.39 is 0 Å². The largest absolute Gasteiger partial charge is 0.369 e. The lowest BCUT2D eigenvalue weighted by atomic mass is 10.2. The monoisotopic (exact) mass is 271 g/mol. The van der Waals surface area contributed by atoms with Crippen molar-refractivity contribution in [2.24, 2.45) is 0 Å². The van der Waals surface area contributed by atoms with Crippen LogP contribution in [0.15, 0.2) is 36.5 Å². The van der Waals surface area contributed by atoms with E-state index in [0.29, 0.717) is 5.95 Å². The van der Waals surface area contributed by atoms with Crippen molar-refractivity contribution in [3.8, 4) is 0 Å². The fourth-order valence-corrected chi connectivity index (χ4v) is 1.88. The predicted octanol–water partition coefficient (Wildman–Crippen LogP) is 3.24. The molecule has 0 aliphatic rings. The van der Waals surface area contributed by atoms with E-state index in [1.165, 1.54) is 12.8 Å². The highest BCUT2D eigenvalue weighted by molar-refractivity contribution is 5.56. The van der Waals surface area contributed by atoms with Crippen molar-refractivity contribution in [2.75, 3.05) is 23.8 Å². The molecule has 0 saturated carbocycles. The van der Waals surface area contributed by atoms with Crippen molar-refractivity contribution < 1.29 is 0 Å². The molecule has 1 heterocycles. The first-order chi connectivity index (χ1) is 9.81. The zero-order valence-corrected chi connectivity index (χ0v) is 12.1. The quantitative estimate of drug-likeness (QED) is 0.783. The molecule has 1 aromatic heterocycles. The lowest BCUT2D eigenvalue weighted by Gasteiger charge is -2.16. The number of para-hydroxylation sites is 1. The Morgan fingerprint density at radius 1 is 1.15 bits per heavy atom. The van der Waals surface area contributed by atoms with E-state index in [2.05, 4.69) is 27.4 Å². The maximum atomic E-state index is 4.49. The van der Waals surface area contributed by atoms with Gasteiger partial charge in [0.25, 0.3) is 5.95 Å². The summed E-state index contributed by atoms with van der Waals surface area (Å²) in [5.41, 5.74) is 1.04. The highest BCUT2D eigenvalue weighted by Crippen LogP contribution is 2.19. The lowest BCUT2D eigenvalue weighted by molar-refractivity contribution is 0.741. The van der Waals surface area contributed by atoms with Gasteiger partial charge in [-0.3, -0.25) is 0 Å². The van der Waals surface area contributed by atoms with Crippen LogP contribution in [-0.2, 0) is 0 Å². The number of aromatic nitrogens is 3. The van der Waals surface area contributed by atoms with Gasteiger partial charge in [-0.15, -0.1) is 5.10 Å². The van der Waals surface area contributed by atoms with Crippen LogP contribution in [0.2, 0.25) is 0 Å². The van der Waals surface area contributed by atoms with Gasteiger partial charge in [-0.1, -0.05) is 38.0 Å². The smallest absolute Gasteiger partial charge is 0.251 e. The van der Waals surface area contributed by atoms with Gasteiger partial charge >= 0.3 is 0 Å². The van der Waals surface area contributed by atoms with E-state index in [0.717, 1.165) is 24.5 Å². The molecular formula is C15H21N5. The van der Waals surface area contributed by atoms with Crippen molar-refractivity contribution in [1.82, 2.24) is 15.2 Å². The van der Waals surface area contributed by atoms with Gasteiger partial charge in [0.05, 0.1) is 6.20 Å². The Morgan fingerprint density at radius 2 is 1.95 bits per heavy atom. The van der Waals surface area contributed by atoms with Crippen molar-refractivity contribution in [3.05, 3.63) is 36.5 Å². The van der Waals surface area contributed by atoms with Crippen LogP contribution in [0.3, 0.4) is 0 Å². The molecule has 2 aromatic rings. The van der Waals surface area contributed by atoms with Gasteiger partial charge in [0.2, 0.25) is 0 Å². The summed E-state index contributed by atoms with van der Waals surface area (Å²) in [6.07, 6.45) is 5.24. The maximum Gasteiger partial charge on any atom is 0.251 e. The Kier molecular flexibility index (Phi) is 5.29. The van der Waals surface area contributed by atoms with Crippen molar-refractivity contribution in [1.29, 1.82) is 0 Å². The molecule has 0 fully saturated rings. The van der Waals surface area contributed by atoms with Crippen LogP contribution in [-0.4, -0.2) is 28.8 Å². The minimum Gasteiger partial charge on any atom is -0.369 e. The van der Waals surface area contributed by atoms with Gasteiger partial charge in [0, 0.05) is 19.3 Å². The SMILES string of the molecule is CCCCCNc1cnnc(N(C)c2ccccc2)n1. The summed E-state index contributed by atoms with van der Waals surface area (Å²) in [6, 6.07) is 10.0. The van der Waals surface area contributed by atoms with E-state index in [1.807, 2.05) is 42.3 Å². The van der Waals surface area contributed by atoms with Crippen LogP contribution in [0.5, 0.6) is 0 Å². The first kappa shape index (κ1) is 14.2. The van der Waals surface area contributed by atoms with Crippen LogP contribution >= 0.6 is 0 Å². The van der Waals surface area contributed by atoms with Gasteiger partial charge in [-0.05, 0) is 18.6 Å². The average Bonchev–Trinajstić information content (AvgIpc) is 2.52. The Labute approximate surface area is 120 Å². The molecule has 0 atom stereocenters. The minimum absolute atomic E-state index is 0.594. The summed E-state index contributed by atoms with van der Waals surface area (Å²) >= 11 is 0. The Balaban J connectivity index is 2.02. The standard InChI is InChI=1S/C15H21N5/c1-3-4-8-11-16-14-12-17-19-15(18-14)20(2)13-9-6-5-7-10-13/h5-7,9-10,12H,3-4,8,11H2,1-2H3,(H,16,18,19). The zero-order chi connectivity index (χ0) is 14.2. The number of benzene rings is 1. The Hall–Kier alpha value is -2.17. The molecule has 0 spiro atoms. The molecule has 0 aliphatic heterocycles. The summed E-state index contributed by atoms with van der Waals surface area (Å²) in [5, 5.41) is 11.4. The second kappa shape index (κ2) is 7.43. The molecule has 0 unspecified atom stereocenters. The molecule has 2 rings (SSSR count). The zero-order valence-electron chi connectivity index (χ0n) is 12.1. The molecular weight excluding hydrogens is 250 g/mol. The number of nitrogens with zero attached hydrogens (tertiary/aromatic N) is 4. The fourth-order valence-electron chi connectivity index (χ4n) is 1.88. The molecule has 0 aliphatic carbocycles. The number of nitrogens with one attached hydrogen (secondary N) is 1. The van der Waals surface area contributed by atoms with E-state index >= 15 is 0 Å². The normalized spacial score (nSPS) is 10.3. The van der Waals surface area contributed by atoms with E-state index in [-0.39, 0.29) is 0 Å². The number of hydrogen-bond donors (Lipinski definition) is 1. The van der Waals surface area contributed by atoms with Crippen LogP contribution in [0, 0.1) is 0 Å². The van der Waals surface area contributed by atoms with Gasteiger partial charge in [0.1, 0.15) is 0 Å². The number of anilines is 3. The predicted molar refractivity (Wildman–Crippen MR) is 82.3 cm³/mol. The first-order valence-electron chi connectivity index (χ1n) is 7.03. The highest BCUT2D eigenvalue weighted by atomic mass is 15.3. The summed E-state index contributed by atoms with van der Waals surface area (Å²) < 4.78 is 0. The minimum atomic E-state index is 0.594. The molecule has 0 amide bonds. The molecule has 106 valence electrons. The topological polar surface area (TPSA) is 53.9 Å². The van der Waals surface area contributed by atoms with Gasteiger partial charge in [-0.2, -0.15) is 10.1 Å². The maximum absolute atomic E-state index is 4.49. The second-order valence-corrected chi connectivity index (χ2v) is 4.67. The number of hydrogen-bond acceptors (Lipinski definition) is 5. The van der Waals surface area contributed by atoms with E-state index in [1.54, 1.807) is 6.20 Å². The third kappa shape index (κ3) is 3.91. The molecule has 1 N–H and O–H groups in total. The third-order valence-electron chi connectivity index (χ3n) is 3.08. The lowest BCUT2D eigenvalue weighted by Crippen LogP contribution is -2.15. The van der Waals surface area contributed by atoms with Gasteiger partial charge in [0.15, 0.2) is 5.82 Å². The van der Waals surface area contributed by atoms with E-state index in [9.17, 15) is 0 Å². The van der Waals surface area contributed by atoms with Crippen molar-refractivity contribution in [2.45, 2.75) is 26.2 Å². The van der Waals surface area contributed by atoms with Gasteiger partial charge in [-0.25, -0.2) is 0 Å². The highest BCUT2D eigenvalue weighted by Gasteiger charge is 2.07. The van der Waals surface area contributed by atoms with E-state index in [4.69, 9.17) is 0 Å².